The van der Waals surface area contributed by atoms with E-state index in [9.17, 15) is 5.11 Å². The topological polar surface area (TPSA) is 58.9 Å². The first-order chi connectivity index (χ1) is 5.20. The molecule has 0 aromatic rings. The fourth-order valence-corrected chi connectivity index (χ4v) is 1.19. The summed E-state index contributed by atoms with van der Waals surface area (Å²) in [7, 11) is 1.44. The van der Waals surface area contributed by atoms with Gasteiger partial charge in [-0.15, -0.1) is 0 Å². The summed E-state index contributed by atoms with van der Waals surface area (Å²) >= 11 is 0. The molecule has 0 amide bonds. The van der Waals surface area contributed by atoms with Crippen LogP contribution in [-0.2, 0) is 9.47 Å². The summed E-state index contributed by atoms with van der Waals surface area (Å²) in [5.74, 6) is 0. The third kappa shape index (κ3) is 1.54. The Morgan fingerprint density at radius 2 is 2.27 bits per heavy atom. The lowest BCUT2D eigenvalue weighted by atomic mass is 10.1. The molecule has 11 heavy (non-hydrogen) atoms. The van der Waals surface area contributed by atoms with Crippen LogP contribution in [0.5, 0.6) is 0 Å². The van der Waals surface area contributed by atoms with E-state index >= 15 is 0 Å². The van der Waals surface area contributed by atoms with E-state index < -0.39 is 24.4 Å². The zero-order chi connectivity index (χ0) is 8.43. The molecular formula is C7H12O4. The molecule has 1 heterocycles. The second-order valence-electron chi connectivity index (χ2n) is 2.51. The van der Waals surface area contributed by atoms with E-state index in [1.165, 1.54) is 7.11 Å². The van der Waals surface area contributed by atoms with Gasteiger partial charge in [-0.1, -0.05) is 0 Å². The lowest BCUT2D eigenvalue weighted by Crippen LogP contribution is -2.34. The Morgan fingerprint density at radius 3 is 2.55 bits per heavy atom. The number of methoxy groups -OCH3 is 1. The van der Waals surface area contributed by atoms with Crippen molar-refractivity contribution in [1.82, 2.24) is 0 Å². The van der Waals surface area contributed by atoms with Crippen LogP contribution in [0.15, 0.2) is 0 Å². The Labute approximate surface area is 65.7 Å². The van der Waals surface area contributed by atoms with Gasteiger partial charge in [0, 0.05) is 7.11 Å². The van der Waals surface area contributed by atoms with Crippen molar-refractivity contribution < 1.29 is 19.7 Å². The molecule has 0 saturated carbocycles. The van der Waals surface area contributed by atoms with E-state index in [4.69, 9.17) is 21.5 Å². The van der Waals surface area contributed by atoms with Gasteiger partial charge in [-0.25, -0.2) is 0 Å². The summed E-state index contributed by atoms with van der Waals surface area (Å²) in [6.45, 7) is 5.19. The number of hydrogen-bond donors (Lipinski definition) is 2. The molecular weight excluding hydrogens is 148 g/mol. The summed E-state index contributed by atoms with van der Waals surface area (Å²) in [5.41, 5.74) is 0. The SMILES string of the molecule is [CH]C1O[C@H](CO)[C@H](O)C1OC. The quantitative estimate of drug-likeness (QED) is 0.534. The highest BCUT2D eigenvalue weighted by Crippen LogP contribution is 2.22. The molecule has 0 aromatic heterocycles. The van der Waals surface area contributed by atoms with Crippen LogP contribution in [0.25, 0.3) is 0 Å². The summed E-state index contributed by atoms with van der Waals surface area (Å²) in [6.07, 6.45) is -2.63. The van der Waals surface area contributed by atoms with Crippen molar-refractivity contribution in [2.75, 3.05) is 13.7 Å². The van der Waals surface area contributed by atoms with Crippen molar-refractivity contribution in [2.45, 2.75) is 24.4 Å². The molecule has 0 bridgehead atoms. The van der Waals surface area contributed by atoms with E-state index in [2.05, 4.69) is 0 Å². The second kappa shape index (κ2) is 3.49. The molecule has 1 aliphatic heterocycles. The standard InChI is InChI=1S/C7H12O4/c1-4-7(10-2)6(9)5(3-8)11-4/h1,4-9H,3H2,2H3/t4?,5-,6+,7?/m1/s1. The number of ether oxygens (including phenoxy) is 2. The van der Waals surface area contributed by atoms with Gasteiger partial charge in [0.15, 0.2) is 0 Å². The molecule has 1 saturated heterocycles. The maximum absolute atomic E-state index is 9.33. The van der Waals surface area contributed by atoms with Crippen LogP contribution in [0.2, 0.25) is 0 Å². The summed E-state index contributed by atoms with van der Waals surface area (Å²) in [5, 5.41) is 18.0. The minimum atomic E-state index is -0.833. The molecule has 2 N–H and O–H groups in total. The van der Waals surface area contributed by atoms with Crippen LogP contribution < -0.4 is 0 Å². The highest BCUT2D eigenvalue weighted by molar-refractivity contribution is 4.92. The first-order valence-electron chi connectivity index (χ1n) is 3.43. The van der Waals surface area contributed by atoms with Gasteiger partial charge in [-0.3, -0.25) is 0 Å². The minimum Gasteiger partial charge on any atom is -0.394 e. The number of hydrogen-bond acceptors (Lipinski definition) is 4. The Morgan fingerprint density at radius 1 is 1.64 bits per heavy atom. The van der Waals surface area contributed by atoms with E-state index in [-0.39, 0.29) is 6.61 Å². The molecule has 1 rings (SSSR count). The van der Waals surface area contributed by atoms with Gasteiger partial charge in [0.05, 0.1) is 12.7 Å². The molecule has 0 spiro atoms. The molecule has 64 valence electrons. The van der Waals surface area contributed by atoms with Crippen molar-refractivity contribution >= 4 is 0 Å². The molecule has 2 unspecified atom stereocenters. The maximum Gasteiger partial charge on any atom is 0.112 e. The Balaban J connectivity index is 2.55. The van der Waals surface area contributed by atoms with Crippen LogP contribution in [0.1, 0.15) is 0 Å². The third-order valence-electron chi connectivity index (χ3n) is 1.83. The third-order valence-corrected chi connectivity index (χ3v) is 1.83. The number of aliphatic hydroxyl groups is 2. The Hall–Kier alpha value is -0.160. The fraction of sp³-hybridized carbons (Fsp3) is 0.857. The van der Waals surface area contributed by atoms with E-state index in [1.54, 1.807) is 0 Å². The zero-order valence-electron chi connectivity index (χ0n) is 6.30. The first-order valence-corrected chi connectivity index (χ1v) is 3.43. The van der Waals surface area contributed by atoms with Gasteiger partial charge in [0.1, 0.15) is 18.3 Å². The normalized spacial score (nSPS) is 44.7. The lowest BCUT2D eigenvalue weighted by molar-refractivity contribution is -0.0153. The average Bonchev–Trinajstić information content (AvgIpc) is 2.26. The van der Waals surface area contributed by atoms with Crippen molar-refractivity contribution in [3.63, 3.8) is 0 Å². The van der Waals surface area contributed by atoms with E-state index in [0.717, 1.165) is 0 Å². The van der Waals surface area contributed by atoms with Gasteiger partial charge >= 0.3 is 0 Å². The van der Waals surface area contributed by atoms with Crippen molar-refractivity contribution in [2.24, 2.45) is 0 Å². The molecule has 0 aromatic carbocycles. The van der Waals surface area contributed by atoms with Gasteiger partial charge in [0.25, 0.3) is 0 Å². The van der Waals surface area contributed by atoms with Crippen molar-refractivity contribution in [3.8, 4) is 0 Å². The molecule has 4 atom stereocenters. The predicted octanol–water partition coefficient (Wildman–Crippen LogP) is -1.17. The van der Waals surface area contributed by atoms with Gasteiger partial charge in [-0.2, -0.15) is 0 Å². The minimum absolute atomic E-state index is 0.241. The highest BCUT2D eigenvalue weighted by Gasteiger charge is 2.41. The summed E-state index contributed by atoms with van der Waals surface area (Å²) in [6, 6.07) is 0. The molecule has 1 aliphatic rings. The van der Waals surface area contributed by atoms with Crippen LogP contribution in [0.3, 0.4) is 0 Å². The smallest absolute Gasteiger partial charge is 0.112 e. The summed E-state index contributed by atoms with van der Waals surface area (Å²) in [4.78, 5) is 0. The molecule has 2 radical (unpaired) electrons. The molecule has 0 aliphatic carbocycles. The fourth-order valence-electron chi connectivity index (χ4n) is 1.19. The number of rotatable bonds is 2. The van der Waals surface area contributed by atoms with Gasteiger partial charge in [-0.05, 0) is 6.92 Å². The van der Waals surface area contributed by atoms with Crippen LogP contribution in [0, 0.1) is 6.92 Å². The summed E-state index contributed by atoms with van der Waals surface area (Å²) < 4.78 is 9.84. The van der Waals surface area contributed by atoms with Crippen LogP contribution in [-0.4, -0.2) is 48.3 Å². The monoisotopic (exact) mass is 160 g/mol. The predicted molar refractivity (Wildman–Crippen MR) is 36.9 cm³/mol. The Kier molecular flexibility index (Phi) is 2.84. The van der Waals surface area contributed by atoms with Crippen molar-refractivity contribution in [3.05, 3.63) is 6.92 Å². The van der Waals surface area contributed by atoms with Gasteiger partial charge in [0.2, 0.25) is 0 Å². The van der Waals surface area contributed by atoms with E-state index in [0.29, 0.717) is 0 Å². The lowest BCUT2D eigenvalue weighted by Gasteiger charge is -2.14. The first kappa shape index (κ1) is 8.93. The molecule has 4 heteroatoms. The van der Waals surface area contributed by atoms with Gasteiger partial charge < -0.3 is 19.7 Å². The Bertz CT molecular complexity index is 128. The largest absolute Gasteiger partial charge is 0.394 e. The van der Waals surface area contributed by atoms with Crippen LogP contribution >= 0.6 is 0 Å². The highest BCUT2D eigenvalue weighted by atomic mass is 16.6. The molecule has 1 fully saturated rings. The maximum atomic E-state index is 9.33. The zero-order valence-corrected chi connectivity index (χ0v) is 6.30. The number of aliphatic hydroxyl groups excluding tert-OH is 2. The van der Waals surface area contributed by atoms with Crippen LogP contribution in [0.4, 0.5) is 0 Å². The van der Waals surface area contributed by atoms with Crippen molar-refractivity contribution in [1.29, 1.82) is 0 Å². The average molecular weight is 160 g/mol. The van der Waals surface area contributed by atoms with E-state index in [1.807, 2.05) is 0 Å². The molecule has 4 nitrogen and oxygen atoms in total. The second-order valence-corrected chi connectivity index (χ2v) is 2.51.